The lowest BCUT2D eigenvalue weighted by molar-refractivity contribution is 0.0939. The number of ether oxygens (including phenoxy) is 3. The van der Waals surface area contributed by atoms with Gasteiger partial charge in [0.15, 0.2) is 11.5 Å². The highest BCUT2D eigenvalue weighted by atomic mass is 16.5. The summed E-state index contributed by atoms with van der Waals surface area (Å²) in [7, 11) is 0. The molecule has 0 unspecified atom stereocenters. The van der Waals surface area contributed by atoms with Crippen molar-refractivity contribution in [2.24, 2.45) is 0 Å². The number of fused-ring (bicyclic) bond motifs is 1. The third kappa shape index (κ3) is 4.92. The second-order valence-corrected chi connectivity index (χ2v) is 7.25. The van der Waals surface area contributed by atoms with E-state index in [-0.39, 0.29) is 11.9 Å². The molecule has 0 aliphatic carbocycles. The number of carbonyl (C=O) groups is 1. The summed E-state index contributed by atoms with van der Waals surface area (Å²) in [5.74, 6) is 2.07. The van der Waals surface area contributed by atoms with Crippen LogP contribution in [0.15, 0.2) is 72.8 Å². The van der Waals surface area contributed by atoms with Gasteiger partial charge in [0.1, 0.15) is 12.4 Å². The van der Waals surface area contributed by atoms with E-state index >= 15 is 0 Å². The Morgan fingerprint density at radius 3 is 2.47 bits per heavy atom. The molecule has 0 saturated carbocycles. The summed E-state index contributed by atoms with van der Waals surface area (Å²) >= 11 is 0. The van der Waals surface area contributed by atoms with Gasteiger partial charge < -0.3 is 19.5 Å². The number of amides is 1. The minimum atomic E-state index is -0.163. The van der Waals surface area contributed by atoms with Crippen LogP contribution < -0.4 is 19.5 Å². The molecule has 3 aromatic carbocycles. The van der Waals surface area contributed by atoms with Crippen molar-refractivity contribution in [3.8, 4) is 17.2 Å². The number of rotatable bonds is 6. The standard InChI is InChI=1S/C25H25NO4/c1-18(21-10-13-23-24(16-21)29-15-5-14-28-23)26-25(27)20-8-11-22(12-9-20)30-17-19-6-3-2-4-7-19/h2-4,6-13,16,18H,5,14-15,17H2,1H3,(H,26,27)/t18-/m1/s1. The summed E-state index contributed by atoms with van der Waals surface area (Å²) in [6.45, 7) is 3.74. The third-order valence-electron chi connectivity index (χ3n) is 4.98. The molecule has 0 fully saturated rings. The summed E-state index contributed by atoms with van der Waals surface area (Å²) in [5.41, 5.74) is 2.65. The van der Waals surface area contributed by atoms with Crippen molar-refractivity contribution >= 4 is 5.91 Å². The molecule has 1 heterocycles. The summed E-state index contributed by atoms with van der Waals surface area (Å²) in [5, 5.41) is 3.04. The van der Waals surface area contributed by atoms with Crippen molar-refractivity contribution in [3.63, 3.8) is 0 Å². The molecule has 0 radical (unpaired) electrons. The second kappa shape index (κ2) is 9.35. The van der Waals surface area contributed by atoms with Crippen molar-refractivity contribution in [1.29, 1.82) is 0 Å². The van der Waals surface area contributed by atoms with E-state index < -0.39 is 0 Å². The van der Waals surface area contributed by atoms with Crippen LogP contribution in [-0.2, 0) is 6.61 Å². The molecule has 154 valence electrons. The number of benzene rings is 3. The SMILES string of the molecule is C[C@@H](NC(=O)c1ccc(OCc2ccccc2)cc1)c1ccc2c(c1)OCCCO2. The fraction of sp³-hybridized carbons (Fsp3) is 0.240. The highest BCUT2D eigenvalue weighted by Gasteiger charge is 2.16. The molecule has 5 nitrogen and oxygen atoms in total. The Balaban J connectivity index is 1.35. The van der Waals surface area contributed by atoms with Gasteiger partial charge in [-0.1, -0.05) is 36.4 Å². The maximum absolute atomic E-state index is 12.7. The van der Waals surface area contributed by atoms with Crippen LogP contribution >= 0.6 is 0 Å². The maximum Gasteiger partial charge on any atom is 0.251 e. The molecule has 0 spiro atoms. The Labute approximate surface area is 176 Å². The Bertz CT molecular complexity index is 986. The molecule has 0 bridgehead atoms. The predicted molar refractivity (Wildman–Crippen MR) is 115 cm³/mol. The van der Waals surface area contributed by atoms with Crippen LogP contribution in [0.1, 0.15) is 40.9 Å². The van der Waals surface area contributed by atoms with Gasteiger partial charge in [-0.3, -0.25) is 4.79 Å². The zero-order valence-electron chi connectivity index (χ0n) is 17.0. The first-order valence-electron chi connectivity index (χ1n) is 10.2. The van der Waals surface area contributed by atoms with Crippen molar-refractivity contribution in [1.82, 2.24) is 5.32 Å². The average molecular weight is 403 g/mol. The van der Waals surface area contributed by atoms with E-state index in [4.69, 9.17) is 14.2 Å². The first-order chi connectivity index (χ1) is 14.7. The van der Waals surface area contributed by atoms with Crippen LogP contribution in [0.3, 0.4) is 0 Å². The van der Waals surface area contributed by atoms with E-state index in [0.717, 1.165) is 34.8 Å². The van der Waals surface area contributed by atoms with Gasteiger partial charge in [-0.05, 0) is 54.4 Å². The highest BCUT2D eigenvalue weighted by molar-refractivity contribution is 5.94. The molecule has 3 aromatic rings. The van der Waals surface area contributed by atoms with Gasteiger partial charge in [0, 0.05) is 12.0 Å². The van der Waals surface area contributed by atoms with E-state index in [1.807, 2.05) is 67.6 Å². The Morgan fingerprint density at radius 1 is 0.967 bits per heavy atom. The predicted octanol–water partition coefficient (Wildman–Crippen LogP) is 4.92. The Hall–Kier alpha value is -3.47. The number of carbonyl (C=O) groups excluding carboxylic acids is 1. The topological polar surface area (TPSA) is 56.8 Å². The number of hydrogen-bond donors (Lipinski definition) is 1. The van der Waals surface area contributed by atoms with Crippen LogP contribution in [0, 0.1) is 0 Å². The first-order valence-corrected chi connectivity index (χ1v) is 10.2. The molecule has 1 N–H and O–H groups in total. The molecule has 30 heavy (non-hydrogen) atoms. The average Bonchev–Trinajstić information content (AvgIpc) is 3.03. The van der Waals surface area contributed by atoms with E-state index in [1.54, 1.807) is 12.1 Å². The molecule has 0 saturated heterocycles. The van der Waals surface area contributed by atoms with Gasteiger partial charge in [-0.2, -0.15) is 0 Å². The molecule has 5 heteroatoms. The van der Waals surface area contributed by atoms with Crippen molar-refractivity contribution in [2.75, 3.05) is 13.2 Å². The van der Waals surface area contributed by atoms with Gasteiger partial charge in [0.2, 0.25) is 0 Å². The van der Waals surface area contributed by atoms with Crippen LogP contribution in [-0.4, -0.2) is 19.1 Å². The largest absolute Gasteiger partial charge is 0.490 e. The molecular formula is C25H25NO4. The fourth-order valence-electron chi connectivity index (χ4n) is 3.26. The lowest BCUT2D eigenvalue weighted by Gasteiger charge is -2.16. The fourth-order valence-corrected chi connectivity index (χ4v) is 3.26. The summed E-state index contributed by atoms with van der Waals surface area (Å²) < 4.78 is 17.2. The third-order valence-corrected chi connectivity index (χ3v) is 4.98. The van der Waals surface area contributed by atoms with Crippen LogP contribution in [0.25, 0.3) is 0 Å². The molecule has 0 aromatic heterocycles. The van der Waals surface area contributed by atoms with E-state index in [1.165, 1.54) is 0 Å². The van der Waals surface area contributed by atoms with Gasteiger partial charge in [-0.25, -0.2) is 0 Å². The normalized spacial score (nSPS) is 13.8. The zero-order valence-corrected chi connectivity index (χ0v) is 17.0. The summed E-state index contributed by atoms with van der Waals surface area (Å²) in [4.78, 5) is 12.7. The smallest absolute Gasteiger partial charge is 0.251 e. The lowest BCUT2D eigenvalue weighted by Crippen LogP contribution is -2.26. The van der Waals surface area contributed by atoms with E-state index in [2.05, 4.69) is 5.32 Å². The van der Waals surface area contributed by atoms with Gasteiger partial charge in [0.05, 0.1) is 19.3 Å². The van der Waals surface area contributed by atoms with Gasteiger partial charge >= 0.3 is 0 Å². The van der Waals surface area contributed by atoms with Gasteiger partial charge in [0.25, 0.3) is 5.91 Å². The monoisotopic (exact) mass is 403 g/mol. The van der Waals surface area contributed by atoms with Crippen LogP contribution in [0.4, 0.5) is 0 Å². The second-order valence-electron chi connectivity index (χ2n) is 7.25. The minimum absolute atomic E-state index is 0.135. The summed E-state index contributed by atoms with van der Waals surface area (Å²) in [6, 6.07) is 22.8. The van der Waals surface area contributed by atoms with Gasteiger partial charge in [-0.15, -0.1) is 0 Å². The summed E-state index contributed by atoms with van der Waals surface area (Å²) in [6.07, 6.45) is 0.862. The van der Waals surface area contributed by atoms with Crippen LogP contribution in [0.2, 0.25) is 0 Å². The first kappa shape index (κ1) is 19.8. The van der Waals surface area contributed by atoms with Crippen LogP contribution in [0.5, 0.6) is 17.2 Å². The molecule has 1 aliphatic rings. The number of nitrogens with one attached hydrogen (secondary N) is 1. The van der Waals surface area contributed by atoms with Crippen molar-refractivity contribution in [2.45, 2.75) is 26.0 Å². The van der Waals surface area contributed by atoms with Crippen molar-refractivity contribution < 1.29 is 19.0 Å². The van der Waals surface area contributed by atoms with E-state index in [0.29, 0.717) is 25.4 Å². The van der Waals surface area contributed by atoms with Crippen molar-refractivity contribution in [3.05, 3.63) is 89.5 Å². The van der Waals surface area contributed by atoms with E-state index in [9.17, 15) is 4.79 Å². The molecule has 1 atom stereocenters. The lowest BCUT2D eigenvalue weighted by atomic mass is 10.1. The number of hydrogen-bond acceptors (Lipinski definition) is 4. The zero-order chi connectivity index (χ0) is 20.8. The molecule has 1 amide bonds. The molecular weight excluding hydrogens is 378 g/mol. The Morgan fingerprint density at radius 2 is 1.70 bits per heavy atom. The Kier molecular flexibility index (Phi) is 6.18. The maximum atomic E-state index is 12.7. The minimum Gasteiger partial charge on any atom is -0.490 e. The molecule has 4 rings (SSSR count). The highest BCUT2D eigenvalue weighted by Crippen LogP contribution is 2.32. The molecule has 1 aliphatic heterocycles. The quantitative estimate of drug-likeness (QED) is 0.635.